The van der Waals surface area contributed by atoms with E-state index in [1.54, 1.807) is 7.11 Å². The molecule has 224 valence electrons. The highest BCUT2D eigenvalue weighted by molar-refractivity contribution is 14.1. The molecule has 1 saturated carbocycles. The molecule has 1 unspecified atom stereocenters. The van der Waals surface area contributed by atoms with Crippen LogP contribution < -0.4 is 10.2 Å². The Labute approximate surface area is 274 Å². The highest BCUT2D eigenvalue weighted by Crippen LogP contribution is 2.51. The molecule has 0 radical (unpaired) electrons. The first-order valence-corrected chi connectivity index (χ1v) is 16.9. The number of halogens is 1. The lowest BCUT2D eigenvalue weighted by molar-refractivity contribution is -0.858. The summed E-state index contributed by atoms with van der Waals surface area (Å²) in [6.45, 7) is -1.26. The average Bonchev–Trinajstić information content (AvgIpc) is 3.53. The maximum atomic E-state index is 7.45. The molecule has 44 heavy (non-hydrogen) atoms. The van der Waals surface area contributed by atoms with Crippen molar-refractivity contribution in [3.8, 4) is 5.75 Å². The van der Waals surface area contributed by atoms with Crippen LogP contribution in [0.4, 0.5) is 0 Å². The van der Waals surface area contributed by atoms with Gasteiger partial charge in [0.05, 0.1) is 13.7 Å². The Hall–Kier alpha value is -3.40. The summed E-state index contributed by atoms with van der Waals surface area (Å²) in [7, 11) is 1.69. The standard InChI is InChI=1S/C37H38BIN2O3/c1-42-34-24-18-31(19-25-34)37-40-41(27-29-13-7-3-8-14-29)35(26-17-28-11-5-2-6-12-28)36(30-15-9-4-10-16-30)43-38(41,44-37)32-20-22-33(39)23-21-32/h2,4-6,9-12,15-26,29,35-36H,3,7-8,13-14,27H2,1H3/b26-17+/t35-,36+,38?,41+/m0/s1. The summed E-state index contributed by atoms with van der Waals surface area (Å²) in [6, 6.07) is 37.8. The van der Waals surface area contributed by atoms with Crippen LogP contribution in [0.3, 0.4) is 0 Å². The Bertz CT molecular complexity index is 1630. The molecule has 4 atom stereocenters. The van der Waals surface area contributed by atoms with Crippen molar-refractivity contribution < 1.29 is 18.5 Å². The van der Waals surface area contributed by atoms with Crippen molar-refractivity contribution in [1.82, 2.24) is 0 Å². The predicted octanol–water partition coefficient (Wildman–Crippen LogP) is 8.09. The summed E-state index contributed by atoms with van der Waals surface area (Å²) in [5.74, 6) is 1.97. The summed E-state index contributed by atoms with van der Waals surface area (Å²) in [5, 5.41) is 5.68. The van der Waals surface area contributed by atoms with Crippen LogP contribution in [0.1, 0.15) is 54.9 Å². The smallest absolute Gasteiger partial charge is 0.583 e. The molecular weight excluding hydrogens is 658 g/mol. The fraction of sp³-hybridized carbons (Fsp3) is 0.270. The normalized spacial score (nSPS) is 26.7. The predicted molar refractivity (Wildman–Crippen MR) is 186 cm³/mol. The number of quaternary nitrogens is 1. The summed E-state index contributed by atoms with van der Waals surface area (Å²) in [6.07, 6.45) is 10.6. The third-order valence-electron chi connectivity index (χ3n) is 9.61. The van der Waals surface area contributed by atoms with Crippen molar-refractivity contribution in [3.05, 3.63) is 136 Å². The highest BCUT2D eigenvalue weighted by Gasteiger charge is 2.70. The monoisotopic (exact) mass is 696 g/mol. The van der Waals surface area contributed by atoms with Gasteiger partial charge < -0.3 is 18.5 Å². The maximum absolute atomic E-state index is 7.45. The molecule has 0 aromatic heterocycles. The highest BCUT2D eigenvalue weighted by atomic mass is 127. The molecule has 0 N–H and O–H groups in total. The fourth-order valence-corrected chi connectivity index (χ4v) is 7.81. The summed E-state index contributed by atoms with van der Waals surface area (Å²) < 4.78 is 21.7. The number of hydrogen-bond donors (Lipinski definition) is 0. The van der Waals surface area contributed by atoms with Gasteiger partial charge in [0.25, 0.3) is 0 Å². The first-order valence-electron chi connectivity index (χ1n) is 15.8. The summed E-state index contributed by atoms with van der Waals surface area (Å²) >= 11 is 2.37. The zero-order valence-corrected chi connectivity index (χ0v) is 27.3. The molecule has 7 rings (SSSR count). The van der Waals surface area contributed by atoms with E-state index in [-0.39, 0.29) is 12.1 Å². The lowest BCUT2D eigenvalue weighted by atomic mass is 9.60. The van der Waals surface area contributed by atoms with Crippen molar-refractivity contribution in [2.24, 2.45) is 11.0 Å². The zero-order chi connectivity index (χ0) is 30.0. The molecule has 2 heterocycles. The van der Waals surface area contributed by atoms with Gasteiger partial charge in [-0.15, -0.1) is 0 Å². The van der Waals surface area contributed by atoms with E-state index in [0.29, 0.717) is 16.3 Å². The van der Waals surface area contributed by atoms with Crippen LogP contribution in [0.25, 0.3) is 6.08 Å². The van der Waals surface area contributed by atoms with Crippen LogP contribution in [-0.2, 0) is 9.31 Å². The van der Waals surface area contributed by atoms with Gasteiger partial charge in [0, 0.05) is 15.1 Å². The molecule has 0 bridgehead atoms. The molecule has 0 spiro atoms. The van der Waals surface area contributed by atoms with E-state index in [1.165, 1.54) is 35.7 Å². The third-order valence-corrected chi connectivity index (χ3v) is 10.3. The lowest BCUT2D eigenvalue weighted by Gasteiger charge is -2.47. The van der Waals surface area contributed by atoms with Gasteiger partial charge in [-0.05, 0) is 76.9 Å². The van der Waals surface area contributed by atoms with Crippen molar-refractivity contribution >= 4 is 46.7 Å². The zero-order valence-electron chi connectivity index (χ0n) is 25.1. The van der Waals surface area contributed by atoms with Crippen molar-refractivity contribution in [2.75, 3.05) is 13.7 Å². The van der Waals surface area contributed by atoms with Gasteiger partial charge >= 0.3 is 6.69 Å². The van der Waals surface area contributed by atoms with Crippen LogP contribution in [0.15, 0.2) is 120 Å². The minimum atomic E-state index is -2.12. The SMILES string of the molecule is COc1ccc(C2=N[N@+]3(CC4CCCCC4)[C@@H](/C=C/c4ccccc4)[C@@H](c4ccccc4)O[B-]3(c3ccc(I)cc3)O2)cc1. The molecule has 0 amide bonds. The van der Waals surface area contributed by atoms with Crippen LogP contribution in [-0.4, -0.2) is 36.8 Å². The van der Waals surface area contributed by atoms with Gasteiger partial charge in [-0.2, -0.15) is 0 Å². The van der Waals surface area contributed by atoms with E-state index < -0.39 is 6.69 Å². The van der Waals surface area contributed by atoms with Crippen LogP contribution in [0.2, 0.25) is 0 Å². The number of ether oxygens (including phenoxy) is 1. The second kappa shape index (κ2) is 12.5. The minimum Gasteiger partial charge on any atom is -0.618 e. The van der Waals surface area contributed by atoms with Gasteiger partial charge in [0.2, 0.25) is 5.90 Å². The maximum Gasteiger partial charge on any atom is 0.583 e. The number of rotatable bonds is 8. The topological polar surface area (TPSA) is 40.0 Å². The van der Waals surface area contributed by atoms with Crippen molar-refractivity contribution in [1.29, 1.82) is 0 Å². The summed E-state index contributed by atoms with van der Waals surface area (Å²) in [5.41, 5.74) is 4.28. The summed E-state index contributed by atoms with van der Waals surface area (Å²) in [4.78, 5) is 0. The molecule has 3 aliphatic rings. The molecule has 1 aliphatic carbocycles. The first-order chi connectivity index (χ1) is 21.6. The van der Waals surface area contributed by atoms with Gasteiger partial charge in [0.1, 0.15) is 17.9 Å². The number of fused-ring (bicyclic) bond motifs is 1. The molecule has 7 heteroatoms. The molecule has 4 aromatic carbocycles. The molecular formula is C37H38BIN2O3. The Kier molecular flexibility index (Phi) is 8.36. The molecule has 5 nitrogen and oxygen atoms in total. The number of benzene rings is 4. The average molecular weight is 696 g/mol. The van der Waals surface area contributed by atoms with Crippen LogP contribution in [0.5, 0.6) is 5.75 Å². The van der Waals surface area contributed by atoms with Crippen molar-refractivity contribution in [3.63, 3.8) is 0 Å². The second-order valence-electron chi connectivity index (χ2n) is 12.3. The quantitative estimate of drug-likeness (QED) is 0.138. The van der Waals surface area contributed by atoms with Crippen LogP contribution >= 0.6 is 22.6 Å². The lowest BCUT2D eigenvalue weighted by Crippen LogP contribution is -2.71. The largest absolute Gasteiger partial charge is 0.618 e. The van der Waals surface area contributed by atoms with Gasteiger partial charge in [-0.25, -0.2) is 0 Å². The molecule has 4 aromatic rings. The Morgan fingerprint density at radius 3 is 2.23 bits per heavy atom. The van der Waals surface area contributed by atoms with E-state index in [2.05, 4.69) is 120 Å². The van der Waals surface area contributed by atoms with Gasteiger partial charge in [-0.1, -0.05) is 121 Å². The van der Waals surface area contributed by atoms with E-state index in [1.807, 2.05) is 24.3 Å². The van der Waals surface area contributed by atoms with E-state index >= 15 is 0 Å². The van der Waals surface area contributed by atoms with E-state index in [9.17, 15) is 0 Å². The minimum absolute atomic E-state index is 0.102. The van der Waals surface area contributed by atoms with Gasteiger partial charge in [-0.3, -0.25) is 0 Å². The van der Waals surface area contributed by atoms with Gasteiger partial charge in [0.15, 0.2) is 0 Å². The fourth-order valence-electron chi connectivity index (χ4n) is 7.45. The molecule has 2 fully saturated rings. The third kappa shape index (κ3) is 5.39. The molecule has 1 saturated heterocycles. The Balaban J connectivity index is 1.45. The number of nitrogens with zero attached hydrogens (tertiary/aromatic N) is 2. The van der Waals surface area contributed by atoms with E-state index in [4.69, 9.17) is 19.1 Å². The first kappa shape index (κ1) is 29.3. The van der Waals surface area contributed by atoms with Crippen LogP contribution in [0, 0.1) is 9.49 Å². The Morgan fingerprint density at radius 1 is 0.864 bits per heavy atom. The van der Waals surface area contributed by atoms with E-state index in [0.717, 1.165) is 34.4 Å². The second-order valence-corrected chi connectivity index (χ2v) is 13.5. The number of methoxy groups -OCH3 is 1. The number of hydrogen-bond acceptors (Lipinski definition) is 4. The Morgan fingerprint density at radius 2 is 1.55 bits per heavy atom. The van der Waals surface area contributed by atoms with Crippen molar-refractivity contribution in [2.45, 2.75) is 44.2 Å². The molecule has 2 aliphatic heterocycles.